The summed E-state index contributed by atoms with van der Waals surface area (Å²) < 4.78 is 14.8. The highest BCUT2D eigenvalue weighted by atomic mass is 35.5. The van der Waals surface area contributed by atoms with E-state index in [0.717, 1.165) is 0 Å². The number of aryl methyl sites for hydroxylation is 1. The molecule has 2 aromatic rings. The van der Waals surface area contributed by atoms with Gasteiger partial charge in [0.15, 0.2) is 0 Å². The van der Waals surface area contributed by atoms with Gasteiger partial charge in [0.1, 0.15) is 11.5 Å². The standard InChI is InChI=1S/C12H10ClFN2O2/c1-7-5-11(12(17)18)16(15-7)6-8-9(13)3-2-4-10(8)14/h2-5H,6H2,1H3,(H,17,18). The van der Waals surface area contributed by atoms with Crippen LogP contribution in [0.25, 0.3) is 0 Å². The third kappa shape index (κ3) is 2.36. The first kappa shape index (κ1) is 12.6. The fourth-order valence-corrected chi connectivity index (χ4v) is 1.89. The van der Waals surface area contributed by atoms with Crippen LogP contribution in [-0.4, -0.2) is 20.9 Å². The molecule has 4 nitrogen and oxygen atoms in total. The smallest absolute Gasteiger partial charge is 0.354 e. The van der Waals surface area contributed by atoms with Crippen LogP contribution >= 0.6 is 11.6 Å². The Hall–Kier alpha value is -1.88. The molecular weight excluding hydrogens is 259 g/mol. The van der Waals surface area contributed by atoms with Gasteiger partial charge in [-0.05, 0) is 25.1 Å². The van der Waals surface area contributed by atoms with Crippen molar-refractivity contribution in [3.63, 3.8) is 0 Å². The van der Waals surface area contributed by atoms with Gasteiger partial charge in [-0.15, -0.1) is 0 Å². The zero-order valence-electron chi connectivity index (χ0n) is 9.52. The second kappa shape index (κ2) is 4.78. The highest BCUT2D eigenvalue weighted by Crippen LogP contribution is 2.20. The maximum Gasteiger partial charge on any atom is 0.354 e. The molecule has 0 bridgehead atoms. The summed E-state index contributed by atoms with van der Waals surface area (Å²) in [6.07, 6.45) is 0. The van der Waals surface area contributed by atoms with E-state index in [9.17, 15) is 9.18 Å². The molecule has 0 unspecified atom stereocenters. The van der Waals surface area contributed by atoms with E-state index < -0.39 is 11.8 Å². The summed E-state index contributed by atoms with van der Waals surface area (Å²) in [5, 5.41) is 13.3. The second-order valence-corrected chi connectivity index (χ2v) is 4.24. The highest BCUT2D eigenvalue weighted by Gasteiger charge is 2.15. The topological polar surface area (TPSA) is 55.1 Å². The number of rotatable bonds is 3. The maximum atomic E-state index is 13.6. The summed E-state index contributed by atoms with van der Waals surface area (Å²) in [5.41, 5.74) is 0.788. The third-order valence-corrected chi connectivity index (χ3v) is 2.84. The van der Waals surface area contributed by atoms with Gasteiger partial charge in [-0.2, -0.15) is 5.10 Å². The van der Waals surface area contributed by atoms with Gasteiger partial charge in [0.05, 0.1) is 12.2 Å². The Balaban J connectivity index is 2.43. The molecule has 0 fully saturated rings. The average Bonchev–Trinajstić information content (AvgIpc) is 2.65. The Morgan fingerprint density at radius 1 is 1.56 bits per heavy atom. The number of aromatic nitrogens is 2. The molecule has 1 aromatic heterocycles. The molecule has 0 aliphatic carbocycles. The van der Waals surface area contributed by atoms with Crippen LogP contribution in [0.15, 0.2) is 24.3 Å². The molecule has 0 radical (unpaired) electrons. The van der Waals surface area contributed by atoms with Gasteiger partial charge < -0.3 is 5.11 Å². The fourth-order valence-electron chi connectivity index (χ4n) is 1.67. The molecule has 1 N–H and O–H groups in total. The number of benzene rings is 1. The molecule has 0 spiro atoms. The molecule has 1 heterocycles. The van der Waals surface area contributed by atoms with E-state index in [1.807, 2.05) is 0 Å². The zero-order valence-corrected chi connectivity index (χ0v) is 10.3. The fraction of sp³-hybridized carbons (Fsp3) is 0.167. The Labute approximate surface area is 108 Å². The van der Waals surface area contributed by atoms with Crippen LogP contribution in [0.3, 0.4) is 0 Å². The highest BCUT2D eigenvalue weighted by molar-refractivity contribution is 6.31. The average molecular weight is 269 g/mol. The van der Waals surface area contributed by atoms with Gasteiger partial charge in [0, 0.05) is 10.6 Å². The lowest BCUT2D eigenvalue weighted by Crippen LogP contribution is -2.12. The molecule has 0 aliphatic heterocycles. The molecule has 6 heteroatoms. The van der Waals surface area contributed by atoms with Crippen molar-refractivity contribution in [3.8, 4) is 0 Å². The Kier molecular flexibility index (Phi) is 3.34. The SMILES string of the molecule is Cc1cc(C(=O)O)n(Cc2c(F)cccc2Cl)n1. The summed E-state index contributed by atoms with van der Waals surface area (Å²) in [6, 6.07) is 5.75. The summed E-state index contributed by atoms with van der Waals surface area (Å²) in [7, 11) is 0. The van der Waals surface area contributed by atoms with Crippen molar-refractivity contribution in [3.05, 3.63) is 52.1 Å². The minimum Gasteiger partial charge on any atom is -0.477 e. The molecule has 2 rings (SSSR count). The van der Waals surface area contributed by atoms with Crippen molar-refractivity contribution < 1.29 is 14.3 Å². The van der Waals surface area contributed by atoms with E-state index in [0.29, 0.717) is 5.69 Å². The Bertz CT molecular complexity index is 590. The number of hydrogen-bond acceptors (Lipinski definition) is 2. The quantitative estimate of drug-likeness (QED) is 0.931. The summed E-state index contributed by atoms with van der Waals surface area (Å²) >= 11 is 5.89. The van der Waals surface area contributed by atoms with E-state index >= 15 is 0 Å². The lowest BCUT2D eigenvalue weighted by molar-refractivity contribution is 0.0684. The van der Waals surface area contributed by atoms with Gasteiger partial charge in [-0.25, -0.2) is 9.18 Å². The zero-order chi connectivity index (χ0) is 13.3. The van der Waals surface area contributed by atoms with Crippen LogP contribution in [0, 0.1) is 12.7 Å². The van der Waals surface area contributed by atoms with Crippen molar-refractivity contribution in [1.29, 1.82) is 0 Å². The number of aromatic carboxylic acids is 1. The first-order chi connectivity index (χ1) is 8.49. The van der Waals surface area contributed by atoms with E-state index in [1.165, 1.54) is 22.9 Å². The molecule has 0 saturated carbocycles. The predicted molar refractivity (Wildman–Crippen MR) is 64.4 cm³/mol. The van der Waals surface area contributed by atoms with Crippen molar-refractivity contribution in [2.75, 3.05) is 0 Å². The van der Waals surface area contributed by atoms with Crippen LogP contribution in [0.1, 0.15) is 21.7 Å². The van der Waals surface area contributed by atoms with Crippen molar-refractivity contribution in [1.82, 2.24) is 9.78 Å². The number of halogens is 2. The van der Waals surface area contributed by atoms with Gasteiger partial charge in [-0.1, -0.05) is 17.7 Å². The Morgan fingerprint density at radius 3 is 2.89 bits per heavy atom. The maximum absolute atomic E-state index is 13.6. The number of carbonyl (C=O) groups is 1. The van der Waals surface area contributed by atoms with Crippen molar-refractivity contribution in [2.45, 2.75) is 13.5 Å². The number of carboxylic acid groups (broad SMARTS) is 1. The number of nitrogens with zero attached hydrogens (tertiary/aromatic N) is 2. The number of hydrogen-bond donors (Lipinski definition) is 1. The summed E-state index contributed by atoms with van der Waals surface area (Å²) in [6.45, 7) is 1.66. The van der Waals surface area contributed by atoms with E-state index in [2.05, 4.69) is 5.10 Å². The van der Waals surface area contributed by atoms with E-state index in [4.69, 9.17) is 16.7 Å². The molecule has 0 amide bonds. The normalized spacial score (nSPS) is 10.6. The monoisotopic (exact) mass is 268 g/mol. The third-order valence-electron chi connectivity index (χ3n) is 2.49. The molecule has 18 heavy (non-hydrogen) atoms. The van der Waals surface area contributed by atoms with E-state index in [-0.39, 0.29) is 22.8 Å². The summed E-state index contributed by atoms with van der Waals surface area (Å²) in [4.78, 5) is 11.0. The molecule has 1 aromatic carbocycles. The lowest BCUT2D eigenvalue weighted by Gasteiger charge is -2.07. The van der Waals surface area contributed by atoms with Crippen LogP contribution in [-0.2, 0) is 6.54 Å². The van der Waals surface area contributed by atoms with Crippen LogP contribution in [0.5, 0.6) is 0 Å². The minimum atomic E-state index is -1.11. The van der Waals surface area contributed by atoms with Crippen LogP contribution in [0.4, 0.5) is 4.39 Å². The van der Waals surface area contributed by atoms with Gasteiger partial charge in [-0.3, -0.25) is 4.68 Å². The molecule has 0 atom stereocenters. The first-order valence-electron chi connectivity index (χ1n) is 5.19. The van der Waals surface area contributed by atoms with Crippen molar-refractivity contribution in [2.24, 2.45) is 0 Å². The molecule has 0 aliphatic rings. The Morgan fingerprint density at radius 2 is 2.28 bits per heavy atom. The summed E-state index contributed by atoms with van der Waals surface area (Å²) in [5.74, 6) is -1.59. The molecule has 94 valence electrons. The lowest BCUT2D eigenvalue weighted by atomic mass is 10.2. The number of carboxylic acids is 1. The minimum absolute atomic E-state index is 0.00631. The van der Waals surface area contributed by atoms with Crippen LogP contribution in [0.2, 0.25) is 5.02 Å². The second-order valence-electron chi connectivity index (χ2n) is 3.83. The van der Waals surface area contributed by atoms with Crippen LogP contribution < -0.4 is 0 Å². The molecular formula is C12H10ClFN2O2. The van der Waals surface area contributed by atoms with Gasteiger partial charge in [0.25, 0.3) is 0 Å². The largest absolute Gasteiger partial charge is 0.477 e. The van der Waals surface area contributed by atoms with E-state index in [1.54, 1.807) is 13.0 Å². The van der Waals surface area contributed by atoms with Crippen molar-refractivity contribution >= 4 is 17.6 Å². The first-order valence-corrected chi connectivity index (χ1v) is 5.57. The van der Waals surface area contributed by atoms with Gasteiger partial charge >= 0.3 is 5.97 Å². The molecule has 0 saturated heterocycles. The van der Waals surface area contributed by atoms with Gasteiger partial charge in [0.2, 0.25) is 0 Å². The predicted octanol–water partition coefficient (Wildman–Crippen LogP) is 2.73.